The molecule has 0 aliphatic heterocycles. The van der Waals surface area contributed by atoms with Crippen molar-refractivity contribution >= 4 is 34.2 Å². The minimum Gasteiger partial charge on any atom is -0.324 e. The lowest BCUT2D eigenvalue weighted by Gasteiger charge is -2.13. The van der Waals surface area contributed by atoms with Crippen LogP contribution in [-0.2, 0) is 24.4 Å². The van der Waals surface area contributed by atoms with E-state index >= 15 is 0 Å². The number of aromatic nitrogens is 4. The number of amides is 1. The summed E-state index contributed by atoms with van der Waals surface area (Å²) >= 11 is 5.78. The van der Waals surface area contributed by atoms with Gasteiger partial charge in [0, 0.05) is 12.2 Å². The molecule has 4 rings (SSSR count). The Hall–Kier alpha value is -3.72. The van der Waals surface area contributed by atoms with Gasteiger partial charge < -0.3 is 5.32 Å². The number of carbonyl (C=O) groups excluding carboxylic acids is 1. The minimum atomic E-state index is -0.623. The molecule has 2 aromatic carbocycles. The highest BCUT2D eigenvalue weighted by atomic mass is 35.5. The Labute approximate surface area is 192 Å². The number of anilines is 1. The van der Waals surface area contributed by atoms with Crippen molar-refractivity contribution < 1.29 is 9.18 Å². The summed E-state index contributed by atoms with van der Waals surface area (Å²) in [5, 5.41) is 6.86. The third-order valence-corrected chi connectivity index (χ3v) is 5.55. The molecule has 2 heterocycles. The summed E-state index contributed by atoms with van der Waals surface area (Å²) in [5.74, 6) is -1.14. The Bertz CT molecular complexity index is 1470. The first kappa shape index (κ1) is 22.5. The van der Waals surface area contributed by atoms with Crippen molar-refractivity contribution in [3.05, 3.63) is 91.5 Å². The predicted octanol–water partition coefficient (Wildman–Crippen LogP) is 3.17. The zero-order valence-electron chi connectivity index (χ0n) is 18.0. The van der Waals surface area contributed by atoms with E-state index in [1.807, 2.05) is 37.3 Å². The Morgan fingerprint density at radius 1 is 1.09 bits per heavy atom. The van der Waals surface area contributed by atoms with Crippen LogP contribution in [0.15, 0.2) is 58.1 Å². The van der Waals surface area contributed by atoms with Crippen LogP contribution in [0.3, 0.4) is 0 Å². The number of hydrogen-bond acceptors (Lipinski definition) is 4. The molecular formula is C23H21ClFN5O3. The van der Waals surface area contributed by atoms with Crippen molar-refractivity contribution in [2.45, 2.75) is 33.5 Å². The van der Waals surface area contributed by atoms with Gasteiger partial charge in [-0.2, -0.15) is 5.10 Å². The molecule has 0 radical (unpaired) electrons. The molecule has 2 aromatic heterocycles. The molecule has 170 valence electrons. The summed E-state index contributed by atoms with van der Waals surface area (Å²) in [5.41, 5.74) is 0.990. The molecule has 10 heteroatoms. The van der Waals surface area contributed by atoms with Gasteiger partial charge in [-0.1, -0.05) is 41.9 Å². The molecule has 0 saturated heterocycles. The van der Waals surface area contributed by atoms with E-state index in [9.17, 15) is 18.8 Å². The fraction of sp³-hybridized carbons (Fsp3) is 0.217. The van der Waals surface area contributed by atoms with Gasteiger partial charge in [-0.05, 0) is 37.6 Å². The average molecular weight is 470 g/mol. The van der Waals surface area contributed by atoms with Gasteiger partial charge in [-0.3, -0.25) is 23.4 Å². The van der Waals surface area contributed by atoms with Crippen molar-refractivity contribution in [1.82, 2.24) is 18.9 Å². The van der Waals surface area contributed by atoms with Crippen LogP contribution in [0.2, 0.25) is 5.02 Å². The molecular weight excluding hydrogens is 449 g/mol. The van der Waals surface area contributed by atoms with E-state index in [0.29, 0.717) is 17.8 Å². The van der Waals surface area contributed by atoms with Crippen molar-refractivity contribution in [3.63, 3.8) is 0 Å². The highest BCUT2D eigenvalue weighted by molar-refractivity contribution is 6.31. The van der Waals surface area contributed by atoms with Gasteiger partial charge in [-0.25, -0.2) is 9.18 Å². The Morgan fingerprint density at radius 3 is 2.48 bits per heavy atom. The first-order valence-electron chi connectivity index (χ1n) is 10.3. The monoisotopic (exact) mass is 469 g/mol. The average Bonchev–Trinajstić information content (AvgIpc) is 3.14. The number of rotatable bonds is 6. The number of hydrogen-bond donors (Lipinski definition) is 1. The molecule has 0 bridgehead atoms. The van der Waals surface area contributed by atoms with Crippen molar-refractivity contribution in [2.24, 2.45) is 0 Å². The lowest BCUT2D eigenvalue weighted by Crippen LogP contribution is -2.42. The SMILES string of the molecule is CCn1nc(C)c2c1c(=O)n(Cc1ccccc1)c(=O)n2CC(=O)Nc1ccc(F)c(Cl)c1. The number of nitrogens with one attached hydrogen (secondary N) is 1. The first-order chi connectivity index (χ1) is 15.8. The molecule has 33 heavy (non-hydrogen) atoms. The molecule has 4 aromatic rings. The Morgan fingerprint density at radius 2 is 1.82 bits per heavy atom. The number of halogens is 2. The molecule has 1 N–H and O–H groups in total. The first-order valence-corrected chi connectivity index (χ1v) is 10.7. The van der Waals surface area contributed by atoms with Crippen LogP contribution in [0, 0.1) is 12.7 Å². The van der Waals surface area contributed by atoms with Crippen LogP contribution in [0.4, 0.5) is 10.1 Å². The zero-order chi connectivity index (χ0) is 23.7. The second-order valence-electron chi connectivity index (χ2n) is 7.52. The largest absolute Gasteiger partial charge is 0.332 e. The van der Waals surface area contributed by atoms with Gasteiger partial charge in [-0.15, -0.1) is 0 Å². The van der Waals surface area contributed by atoms with Crippen molar-refractivity contribution in [3.8, 4) is 0 Å². The molecule has 0 fully saturated rings. The second-order valence-corrected chi connectivity index (χ2v) is 7.93. The van der Waals surface area contributed by atoms with E-state index in [-0.39, 0.29) is 29.3 Å². The van der Waals surface area contributed by atoms with Gasteiger partial charge in [0.05, 0.1) is 17.3 Å². The fourth-order valence-electron chi connectivity index (χ4n) is 3.76. The maximum absolute atomic E-state index is 13.4. The van der Waals surface area contributed by atoms with E-state index < -0.39 is 23.0 Å². The predicted molar refractivity (Wildman–Crippen MR) is 124 cm³/mol. The molecule has 0 aliphatic carbocycles. The van der Waals surface area contributed by atoms with E-state index in [1.54, 1.807) is 6.92 Å². The number of benzene rings is 2. The van der Waals surface area contributed by atoms with Gasteiger partial charge in [0.1, 0.15) is 17.9 Å². The molecule has 0 spiro atoms. The van der Waals surface area contributed by atoms with E-state index in [0.717, 1.165) is 16.2 Å². The molecule has 0 atom stereocenters. The Balaban J connectivity index is 1.81. The van der Waals surface area contributed by atoms with Gasteiger partial charge in [0.25, 0.3) is 5.56 Å². The molecule has 0 unspecified atom stereocenters. The van der Waals surface area contributed by atoms with Gasteiger partial charge in [0.2, 0.25) is 5.91 Å². The van der Waals surface area contributed by atoms with E-state index in [4.69, 9.17) is 11.6 Å². The van der Waals surface area contributed by atoms with Gasteiger partial charge >= 0.3 is 5.69 Å². The number of aryl methyl sites for hydroxylation is 2. The number of fused-ring (bicyclic) bond motifs is 1. The van der Waals surface area contributed by atoms with Crippen LogP contribution in [0.1, 0.15) is 18.2 Å². The van der Waals surface area contributed by atoms with Crippen LogP contribution < -0.4 is 16.6 Å². The lowest BCUT2D eigenvalue weighted by molar-refractivity contribution is -0.116. The van der Waals surface area contributed by atoms with Crippen LogP contribution in [0.5, 0.6) is 0 Å². The second kappa shape index (κ2) is 9.03. The summed E-state index contributed by atoms with van der Waals surface area (Å²) < 4.78 is 17.3. The summed E-state index contributed by atoms with van der Waals surface area (Å²) in [4.78, 5) is 39.5. The maximum atomic E-state index is 13.4. The van der Waals surface area contributed by atoms with Crippen molar-refractivity contribution in [1.29, 1.82) is 0 Å². The zero-order valence-corrected chi connectivity index (χ0v) is 18.8. The normalized spacial score (nSPS) is 11.2. The molecule has 0 aliphatic rings. The van der Waals surface area contributed by atoms with Gasteiger partial charge in [0.15, 0.2) is 5.52 Å². The molecule has 0 saturated carbocycles. The Kier molecular flexibility index (Phi) is 6.15. The summed E-state index contributed by atoms with van der Waals surface area (Å²) in [6.07, 6.45) is 0. The number of nitrogens with zero attached hydrogens (tertiary/aromatic N) is 4. The summed E-state index contributed by atoms with van der Waals surface area (Å²) in [7, 11) is 0. The fourth-order valence-corrected chi connectivity index (χ4v) is 3.94. The highest BCUT2D eigenvalue weighted by Crippen LogP contribution is 2.20. The smallest absolute Gasteiger partial charge is 0.324 e. The minimum absolute atomic E-state index is 0.0532. The van der Waals surface area contributed by atoms with E-state index in [2.05, 4.69) is 10.4 Å². The van der Waals surface area contributed by atoms with Crippen LogP contribution >= 0.6 is 11.6 Å². The third kappa shape index (κ3) is 4.31. The third-order valence-electron chi connectivity index (χ3n) is 5.26. The van der Waals surface area contributed by atoms with E-state index in [1.165, 1.54) is 21.4 Å². The summed E-state index contributed by atoms with van der Waals surface area (Å²) in [6, 6.07) is 12.9. The number of carbonyl (C=O) groups is 1. The highest BCUT2D eigenvalue weighted by Gasteiger charge is 2.21. The lowest BCUT2D eigenvalue weighted by atomic mass is 10.2. The standard InChI is InChI=1S/C23H21ClFN5O3/c1-3-30-21-20(14(2)27-30)28(13-19(31)26-16-9-10-18(25)17(24)11-16)23(33)29(22(21)32)12-15-7-5-4-6-8-15/h4-11H,3,12-13H2,1-2H3,(H,26,31). The molecule has 1 amide bonds. The van der Waals surface area contributed by atoms with Crippen LogP contribution in [0.25, 0.3) is 11.0 Å². The summed E-state index contributed by atoms with van der Waals surface area (Å²) in [6.45, 7) is 3.63. The molecule has 8 nitrogen and oxygen atoms in total. The topological polar surface area (TPSA) is 90.9 Å². The van der Waals surface area contributed by atoms with Crippen molar-refractivity contribution in [2.75, 3.05) is 5.32 Å². The van der Waals surface area contributed by atoms with Crippen LogP contribution in [-0.4, -0.2) is 24.8 Å². The quantitative estimate of drug-likeness (QED) is 0.469. The maximum Gasteiger partial charge on any atom is 0.332 e.